The molecule has 0 aliphatic heterocycles. The van der Waals surface area contributed by atoms with E-state index < -0.39 is 0 Å². The van der Waals surface area contributed by atoms with E-state index in [0.717, 1.165) is 22.4 Å². The van der Waals surface area contributed by atoms with Gasteiger partial charge in [0.05, 0.1) is 24.3 Å². The van der Waals surface area contributed by atoms with Crippen LogP contribution in [0.5, 0.6) is 0 Å². The summed E-state index contributed by atoms with van der Waals surface area (Å²) in [5.74, 6) is 0.850. The molecule has 0 bridgehead atoms. The van der Waals surface area contributed by atoms with Crippen molar-refractivity contribution < 1.29 is 4.79 Å². The smallest absolute Gasteiger partial charge is 0.229 e. The topological polar surface area (TPSA) is 110 Å². The van der Waals surface area contributed by atoms with Crippen LogP contribution in [0.3, 0.4) is 0 Å². The molecule has 4 rings (SSSR count). The van der Waals surface area contributed by atoms with Gasteiger partial charge in [-0.15, -0.1) is 0 Å². The lowest BCUT2D eigenvalue weighted by atomic mass is 10.0. The number of pyridine rings is 1. The highest BCUT2D eigenvalue weighted by Gasteiger charge is 2.08. The fourth-order valence-electron chi connectivity index (χ4n) is 3.40. The highest BCUT2D eigenvalue weighted by Crippen LogP contribution is 2.22. The Kier molecular flexibility index (Phi) is 8.88. The summed E-state index contributed by atoms with van der Waals surface area (Å²) in [6, 6.07) is 23.0. The van der Waals surface area contributed by atoms with Gasteiger partial charge in [0, 0.05) is 30.1 Å². The first-order valence-corrected chi connectivity index (χ1v) is 11.4. The van der Waals surface area contributed by atoms with E-state index in [1.54, 1.807) is 6.20 Å². The summed E-state index contributed by atoms with van der Waals surface area (Å²) in [5, 5.41) is 15.6. The van der Waals surface area contributed by atoms with E-state index in [0.29, 0.717) is 30.3 Å². The van der Waals surface area contributed by atoms with Gasteiger partial charge >= 0.3 is 0 Å². The van der Waals surface area contributed by atoms with Crippen molar-refractivity contribution in [3.63, 3.8) is 0 Å². The van der Waals surface area contributed by atoms with Crippen LogP contribution in [0.25, 0.3) is 11.1 Å². The lowest BCUT2D eigenvalue weighted by Crippen LogP contribution is -2.15. The number of aromatic nitrogens is 3. The van der Waals surface area contributed by atoms with E-state index in [2.05, 4.69) is 28.4 Å². The van der Waals surface area contributed by atoms with Crippen LogP contribution in [0.1, 0.15) is 35.2 Å². The monoisotopic (exact) mass is 466 g/mol. The number of aryl methyl sites for hydroxylation is 1. The maximum Gasteiger partial charge on any atom is 0.229 e. The molecule has 35 heavy (non-hydrogen) atoms. The molecule has 0 radical (unpaired) electrons. The average Bonchev–Trinajstić information content (AvgIpc) is 3.23. The minimum atomic E-state index is -0.0750. The molecule has 1 unspecified atom stereocenters. The second-order valence-corrected chi connectivity index (χ2v) is 8.28. The molecule has 0 aliphatic carbocycles. The normalized spacial score (nSPS) is 11.1. The number of nitrogens with zero attached hydrogens (tertiary/aromatic N) is 4. The molecule has 0 saturated carbocycles. The second kappa shape index (κ2) is 12.3. The Morgan fingerprint density at radius 3 is 2.34 bits per heavy atom. The van der Waals surface area contributed by atoms with E-state index in [9.17, 15) is 4.79 Å². The van der Waals surface area contributed by atoms with E-state index in [4.69, 9.17) is 11.0 Å². The maximum absolute atomic E-state index is 12.0. The Balaban J connectivity index is 0.000000241. The Morgan fingerprint density at radius 1 is 1.09 bits per heavy atom. The number of nitrogens with two attached hydrogens (primary N) is 1. The summed E-state index contributed by atoms with van der Waals surface area (Å²) in [6.45, 7) is 4.73. The van der Waals surface area contributed by atoms with Gasteiger partial charge in [0.1, 0.15) is 5.82 Å². The first kappa shape index (κ1) is 25.3. The number of carbonyl (C=O) groups is 1. The third-order valence-electron chi connectivity index (χ3n) is 5.75. The third-order valence-corrected chi connectivity index (χ3v) is 5.75. The SMILES string of the molecule is CC(CN)c1ccc(C#N)cc1.Cc1c(-c2ccc(NC(=O)Cc3ccccc3)nc2)cnn1C. The zero-order chi connectivity index (χ0) is 25.2. The predicted octanol–water partition coefficient (Wildman–Crippen LogP) is 4.59. The number of nitriles is 1. The molecule has 178 valence electrons. The van der Waals surface area contributed by atoms with E-state index in [-0.39, 0.29) is 5.91 Å². The number of hydrogen-bond donors (Lipinski definition) is 2. The van der Waals surface area contributed by atoms with Crippen molar-refractivity contribution in [2.75, 3.05) is 11.9 Å². The van der Waals surface area contributed by atoms with Gasteiger partial charge in [-0.05, 0) is 54.8 Å². The van der Waals surface area contributed by atoms with Crippen LogP contribution in [0.4, 0.5) is 5.82 Å². The van der Waals surface area contributed by atoms with Crippen LogP contribution in [0.2, 0.25) is 0 Å². The number of nitrogens with one attached hydrogen (secondary N) is 1. The van der Waals surface area contributed by atoms with Crippen molar-refractivity contribution >= 4 is 11.7 Å². The maximum atomic E-state index is 12.0. The Hall–Kier alpha value is -4.28. The zero-order valence-corrected chi connectivity index (χ0v) is 20.3. The largest absolute Gasteiger partial charge is 0.330 e. The number of hydrogen-bond acceptors (Lipinski definition) is 5. The van der Waals surface area contributed by atoms with Gasteiger partial charge in [-0.3, -0.25) is 9.48 Å². The molecule has 3 N–H and O–H groups in total. The van der Waals surface area contributed by atoms with E-state index in [1.807, 2.05) is 91.6 Å². The quantitative estimate of drug-likeness (QED) is 0.432. The van der Waals surface area contributed by atoms with Gasteiger partial charge in [0.25, 0.3) is 0 Å². The number of carbonyl (C=O) groups excluding carboxylic acids is 1. The summed E-state index contributed by atoms with van der Waals surface area (Å²) >= 11 is 0. The minimum Gasteiger partial charge on any atom is -0.330 e. The van der Waals surface area contributed by atoms with Crippen molar-refractivity contribution in [3.8, 4) is 17.2 Å². The van der Waals surface area contributed by atoms with Crippen LogP contribution >= 0.6 is 0 Å². The van der Waals surface area contributed by atoms with Crippen molar-refractivity contribution in [2.24, 2.45) is 12.8 Å². The molecular weight excluding hydrogens is 436 g/mol. The molecule has 2 aromatic carbocycles. The third kappa shape index (κ3) is 7.10. The molecule has 0 aliphatic rings. The second-order valence-electron chi connectivity index (χ2n) is 8.28. The van der Waals surface area contributed by atoms with Crippen molar-refractivity contribution in [3.05, 3.63) is 102 Å². The highest BCUT2D eigenvalue weighted by molar-refractivity contribution is 5.91. The fourth-order valence-corrected chi connectivity index (χ4v) is 3.40. The van der Waals surface area contributed by atoms with Gasteiger partial charge < -0.3 is 11.1 Å². The summed E-state index contributed by atoms with van der Waals surface area (Å²) < 4.78 is 1.82. The van der Waals surface area contributed by atoms with Gasteiger partial charge in [0.2, 0.25) is 5.91 Å². The highest BCUT2D eigenvalue weighted by atomic mass is 16.1. The first-order valence-electron chi connectivity index (χ1n) is 11.4. The Labute approximate surface area is 206 Å². The molecular formula is C28H30N6O. The van der Waals surface area contributed by atoms with Crippen LogP contribution < -0.4 is 11.1 Å². The molecule has 0 fully saturated rings. The zero-order valence-electron chi connectivity index (χ0n) is 20.3. The molecule has 2 aromatic heterocycles. The number of benzene rings is 2. The fraction of sp³-hybridized carbons (Fsp3) is 0.214. The van der Waals surface area contributed by atoms with Crippen LogP contribution in [-0.2, 0) is 18.3 Å². The number of rotatable bonds is 6. The lowest BCUT2D eigenvalue weighted by Gasteiger charge is -2.07. The molecule has 1 amide bonds. The van der Waals surface area contributed by atoms with Gasteiger partial charge in [-0.25, -0.2) is 4.98 Å². The van der Waals surface area contributed by atoms with Gasteiger partial charge in [-0.1, -0.05) is 49.4 Å². The molecule has 7 nitrogen and oxygen atoms in total. The molecule has 1 atom stereocenters. The lowest BCUT2D eigenvalue weighted by molar-refractivity contribution is -0.115. The summed E-state index contributed by atoms with van der Waals surface area (Å²) in [5.41, 5.74) is 11.5. The minimum absolute atomic E-state index is 0.0750. The van der Waals surface area contributed by atoms with Crippen molar-refractivity contribution in [1.82, 2.24) is 14.8 Å². The predicted molar refractivity (Wildman–Crippen MR) is 139 cm³/mol. The molecule has 7 heteroatoms. The first-order chi connectivity index (χ1) is 16.9. The van der Waals surface area contributed by atoms with Crippen molar-refractivity contribution in [2.45, 2.75) is 26.2 Å². The van der Waals surface area contributed by atoms with E-state index >= 15 is 0 Å². The summed E-state index contributed by atoms with van der Waals surface area (Å²) in [7, 11) is 1.91. The molecule has 2 heterocycles. The molecule has 0 spiro atoms. The van der Waals surface area contributed by atoms with Gasteiger partial charge in [-0.2, -0.15) is 10.4 Å². The Bertz CT molecular complexity index is 1270. The Morgan fingerprint density at radius 2 is 1.80 bits per heavy atom. The number of amides is 1. The number of anilines is 1. The molecule has 4 aromatic rings. The van der Waals surface area contributed by atoms with Crippen LogP contribution in [-0.4, -0.2) is 27.2 Å². The van der Waals surface area contributed by atoms with Gasteiger partial charge in [0.15, 0.2) is 0 Å². The average molecular weight is 467 g/mol. The van der Waals surface area contributed by atoms with E-state index in [1.165, 1.54) is 5.56 Å². The summed E-state index contributed by atoms with van der Waals surface area (Å²) in [4.78, 5) is 16.3. The van der Waals surface area contributed by atoms with Crippen LogP contribution in [0, 0.1) is 18.3 Å². The molecule has 0 saturated heterocycles. The summed E-state index contributed by atoms with van der Waals surface area (Å²) in [6.07, 6.45) is 3.91. The van der Waals surface area contributed by atoms with Crippen LogP contribution in [0.15, 0.2) is 79.1 Å². The standard InChI is InChI=1S/C18H18N4O.C10H12N2/c1-13-16(12-20-22(13)2)15-8-9-17(19-11-15)21-18(23)10-14-6-4-3-5-7-14;1-8(6-11)10-4-2-9(7-12)3-5-10/h3-9,11-12H,10H2,1-2H3,(H,19,21,23);2-5,8H,6,11H2,1H3. The van der Waals surface area contributed by atoms with Crippen molar-refractivity contribution in [1.29, 1.82) is 5.26 Å².